The van der Waals surface area contributed by atoms with E-state index in [9.17, 15) is 4.79 Å². The number of carbonyl (C=O) groups excluding carboxylic acids is 1. The fourth-order valence-corrected chi connectivity index (χ4v) is 0.680. The number of rotatable bonds is 2. The van der Waals surface area contributed by atoms with Crippen molar-refractivity contribution >= 4 is 5.91 Å². The fourth-order valence-electron chi connectivity index (χ4n) is 0.680. The summed E-state index contributed by atoms with van der Waals surface area (Å²) in [6.07, 6.45) is 3.29. The van der Waals surface area contributed by atoms with Gasteiger partial charge in [0.1, 0.15) is 0 Å². The van der Waals surface area contributed by atoms with Gasteiger partial charge in [-0.1, -0.05) is 11.8 Å². The highest BCUT2D eigenvalue weighted by molar-refractivity contribution is 5.77. The van der Waals surface area contributed by atoms with E-state index < -0.39 is 0 Å². The molecule has 0 aliphatic carbocycles. The molecule has 0 atom stereocenters. The van der Waals surface area contributed by atoms with Crippen molar-refractivity contribution in [3.8, 4) is 11.8 Å². The topological polar surface area (TPSA) is 83.8 Å². The molecular formula is C8H10N4O. The molecule has 1 rings (SSSR count). The molecule has 0 unspecified atom stereocenters. The third kappa shape index (κ3) is 3.40. The van der Waals surface area contributed by atoms with E-state index in [0.29, 0.717) is 6.54 Å². The summed E-state index contributed by atoms with van der Waals surface area (Å²) in [6.45, 7) is 0.300. The van der Waals surface area contributed by atoms with Crippen molar-refractivity contribution in [1.82, 2.24) is 15.5 Å². The number of carbonyl (C=O) groups is 1. The minimum atomic E-state index is -0.207. The monoisotopic (exact) mass is 178 g/mol. The minimum Gasteiger partial charge on any atom is -0.344 e. The van der Waals surface area contributed by atoms with Crippen LogP contribution in [0.15, 0.2) is 12.4 Å². The molecule has 1 aromatic rings. The summed E-state index contributed by atoms with van der Waals surface area (Å²) in [4.78, 5) is 10.7. The fraction of sp³-hybridized carbons (Fsp3) is 0.250. The molecule has 1 heterocycles. The Balaban J connectivity index is 2.30. The number of hydrogen-bond donors (Lipinski definition) is 3. The predicted octanol–water partition coefficient (Wildman–Crippen LogP) is -1.16. The third-order valence-corrected chi connectivity index (χ3v) is 1.29. The first-order valence-corrected chi connectivity index (χ1v) is 3.77. The van der Waals surface area contributed by atoms with Gasteiger partial charge in [0.25, 0.3) is 0 Å². The second kappa shape index (κ2) is 4.95. The van der Waals surface area contributed by atoms with Crippen LogP contribution in [0.4, 0.5) is 0 Å². The van der Waals surface area contributed by atoms with Crippen molar-refractivity contribution in [2.75, 3.05) is 13.1 Å². The van der Waals surface area contributed by atoms with E-state index in [1.165, 1.54) is 0 Å². The summed E-state index contributed by atoms with van der Waals surface area (Å²) in [5, 5.41) is 8.87. The Hall–Kier alpha value is -1.80. The van der Waals surface area contributed by atoms with Gasteiger partial charge in [0, 0.05) is 6.20 Å². The van der Waals surface area contributed by atoms with Crippen LogP contribution in [-0.4, -0.2) is 29.2 Å². The molecule has 4 N–H and O–H groups in total. The molecule has 0 aromatic carbocycles. The van der Waals surface area contributed by atoms with Gasteiger partial charge in [-0.05, 0) is 0 Å². The van der Waals surface area contributed by atoms with E-state index in [4.69, 9.17) is 5.73 Å². The number of aromatic nitrogens is 2. The molecule has 0 bridgehead atoms. The van der Waals surface area contributed by atoms with Crippen molar-refractivity contribution in [3.63, 3.8) is 0 Å². The molecule has 68 valence electrons. The zero-order chi connectivity index (χ0) is 9.52. The molecule has 5 heteroatoms. The van der Waals surface area contributed by atoms with Crippen LogP contribution in [-0.2, 0) is 4.79 Å². The normalized spacial score (nSPS) is 8.69. The first-order chi connectivity index (χ1) is 6.33. The van der Waals surface area contributed by atoms with E-state index >= 15 is 0 Å². The SMILES string of the molecule is NCC(=O)NCC#Cc1cn[nH]c1. The molecule has 1 amide bonds. The van der Waals surface area contributed by atoms with Gasteiger partial charge in [-0.2, -0.15) is 5.10 Å². The number of hydrogen-bond acceptors (Lipinski definition) is 3. The van der Waals surface area contributed by atoms with Crippen LogP contribution in [0.2, 0.25) is 0 Å². The van der Waals surface area contributed by atoms with Crippen LogP contribution in [0.5, 0.6) is 0 Å². The number of amides is 1. The molecule has 0 aliphatic heterocycles. The maximum absolute atomic E-state index is 10.7. The Morgan fingerprint density at radius 2 is 2.62 bits per heavy atom. The second-order valence-corrected chi connectivity index (χ2v) is 2.27. The molecule has 1 aromatic heterocycles. The lowest BCUT2D eigenvalue weighted by Gasteiger charge is -1.94. The highest BCUT2D eigenvalue weighted by atomic mass is 16.1. The van der Waals surface area contributed by atoms with Gasteiger partial charge < -0.3 is 11.1 Å². The zero-order valence-corrected chi connectivity index (χ0v) is 7.00. The molecule has 0 saturated heterocycles. The van der Waals surface area contributed by atoms with Gasteiger partial charge >= 0.3 is 0 Å². The Morgan fingerprint density at radius 1 is 1.77 bits per heavy atom. The highest BCUT2D eigenvalue weighted by Crippen LogP contribution is 1.87. The molecule has 0 saturated carbocycles. The van der Waals surface area contributed by atoms with Gasteiger partial charge in [-0.15, -0.1) is 0 Å². The van der Waals surface area contributed by atoms with E-state index in [-0.39, 0.29) is 12.5 Å². The van der Waals surface area contributed by atoms with Gasteiger partial charge in [-0.3, -0.25) is 9.89 Å². The third-order valence-electron chi connectivity index (χ3n) is 1.29. The lowest BCUT2D eigenvalue weighted by Crippen LogP contribution is -2.30. The molecular weight excluding hydrogens is 168 g/mol. The zero-order valence-electron chi connectivity index (χ0n) is 7.00. The molecule has 13 heavy (non-hydrogen) atoms. The average molecular weight is 178 g/mol. The van der Waals surface area contributed by atoms with Crippen LogP contribution in [0.3, 0.4) is 0 Å². The Kier molecular flexibility index (Phi) is 3.54. The first-order valence-electron chi connectivity index (χ1n) is 3.77. The number of nitrogens with zero attached hydrogens (tertiary/aromatic N) is 1. The summed E-state index contributed by atoms with van der Waals surface area (Å²) < 4.78 is 0. The lowest BCUT2D eigenvalue weighted by atomic mass is 10.3. The van der Waals surface area contributed by atoms with Crippen molar-refractivity contribution in [2.24, 2.45) is 5.73 Å². The van der Waals surface area contributed by atoms with Gasteiger partial charge in [0.05, 0.1) is 24.8 Å². The number of nitrogens with one attached hydrogen (secondary N) is 2. The molecule has 0 fully saturated rings. The van der Waals surface area contributed by atoms with Crippen LogP contribution in [0.1, 0.15) is 5.56 Å². The van der Waals surface area contributed by atoms with E-state index in [1.807, 2.05) is 0 Å². The maximum atomic E-state index is 10.7. The van der Waals surface area contributed by atoms with Gasteiger partial charge in [0.15, 0.2) is 0 Å². The standard InChI is InChI=1S/C8H10N4O/c9-4-8(13)10-3-1-2-7-5-11-12-6-7/h5-6H,3-4,9H2,(H,10,13)(H,11,12). The first kappa shape index (κ1) is 9.29. The summed E-state index contributed by atoms with van der Waals surface area (Å²) >= 11 is 0. The Labute approximate surface area is 75.7 Å². The van der Waals surface area contributed by atoms with Crippen molar-refractivity contribution in [1.29, 1.82) is 0 Å². The molecule has 0 spiro atoms. The Bertz CT molecular complexity index is 320. The van der Waals surface area contributed by atoms with Crippen molar-refractivity contribution in [2.45, 2.75) is 0 Å². The lowest BCUT2D eigenvalue weighted by molar-refractivity contribution is -0.119. The number of nitrogens with two attached hydrogens (primary N) is 1. The van der Waals surface area contributed by atoms with Crippen LogP contribution >= 0.6 is 0 Å². The van der Waals surface area contributed by atoms with Crippen molar-refractivity contribution in [3.05, 3.63) is 18.0 Å². The summed E-state index contributed by atoms with van der Waals surface area (Å²) in [7, 11) is 0. The number of aromatic amines is 1. The van der Waals surface area contributed by atoms with E-state index in [0.717, 1.165) is 5.56 Å². The second-order valence-electron chi connectivity index (χ2n) is 2.27. The van der Waals surface area contributed by atoms with E-state index in [1.54, 1.807) is 12.4 Å². The van der Waals surface area contributed by atoms with Gasteiger partial charge in [0.2, 0.25) is 5.91 Å². The highest BCUT2D eigenvalue weighted by Gasteiger charge is 1.91. The van der Waals surface area contributed by atoms with Crippen LogP contribution < -0.4 is 11.1 Å². The summed E-state index contributed by atoms with van der Waals surface area (Å²) in [6, 6.07) is 0. The van der Waals surface area contributed by atoms with Gasteiger partial charge in [-0.25, -0.2) is 0 Å². The quantitative estimate of drug-likeness (QED) is 0.499. The van der Waals surface area contributed by atoms with Crippen molar-refractivity contribution < 1.29 is 4.79 Å². The maximum Gasteiger partial charge on any atom is 0.234 e. The average Bonchev–Trinajstić information content (AvgIpc) is 2.64. The van der Waals surface area contributed by atoms with E-state index in [2.05, 4.69) is 27.4 Å². The molecule has 0 aliphatic rings. The number of H-pyrrole nitrogens is 1. The minimum absolute atomic E-state index is 0.00656. The molecule has 5 nitrogen and oxygen atoms in total. The van der Waals surface area contributed by atoms with Crippen LogP contribution in [0.25, 0.3) is 0 Å². The van der Waals surface area contributed by atoms with Crippen LogP contribution in [0, 0.1) is 11.8 Å². The Morgan fingerprint density at radius 3 is 3.23 bits per heavy atom. The smallest absolute Gasteiger partial charge is 0.234 e. The summed E-state index contributed by atoms with van der Waals surface area (Å²) in [5.41, 5.74) is 5.87. The molecule has 0 radical (unpaired) electrons. The summed E-state index contributed by atoms with van der Waals surface area (Å²) in [5.74, 6) is 5.35. The largest absolute Gasteiger partial charge is 0.344 e. The predicted molar refractivity (Wildman–Crippen MR) is 47.5 cm³/mol.